The Morgan fingerprint density at radius 1 is 1.47 bits per heavy atom. The van der Waals surface area contributed by atoms with Crippen molar-refractivity contribution < 1.29 is 9.53 Å². The van der Waals surface area contributed by atoms with Crippen LogP contribution in [-0.2, 0) is 9.53 Å². The lowest BCUT2D eigenvalue weighted by Gasteiger charge is -2.28. The first-order valence-corrected chi connectivity index (χ1v) is 6.59. The standard InChI is InChI=1S/C13H24N2O2/c1-13(2)6-4-5-11(13)15-12(16)10-7-9(17-3)8-14-10/h9-11,14H,4-8H2,1-3H3,(H,15,16). The monoisotopic (exact) mass is 240 g/mol. The van der Waals surface area contributed by atoms with Gasteiger partial charge in [0.2, 0.25) is 5.91 Å². The molecule has 2 N–H and O–H groups in total. The van der Waals surface area contributed by atoms with Crippen LogP contribution in [0.5, 0.6) is 0 Å². The van der Waals surface area contributed by atoms with E-state index in [0.29, 0.717) is 6.04 Å². The Kier molecular flexibility index (Phi) is 3.73. The third-order valence-corrected chi connectivity index (χ3v) is 4.31. The van der Waals surface area contributed by atoms with E-state index in [0.717, 1.165) is 19.4 Å². The number of hydrogen-bond acceptors (Lipinski definition) is 3. The van der Waals surface area contributed by atoms with Gasteiger partial charge in [-0.3, -0.25) is 4.79 Å². The van der Waals surface area contributed by atoms with Gasteiger partial charge in [0, 0.05) is 19.7 Å². The summed E-state index contributed by atoms with van der Waals surface area (Å²) < 4.78 is 5.26. The normalized spacial score (nSPS) is 36.1. The molecule has 3 atom stereocenters. The number of amides is 1. The van der Waals surface area contributed by atoms with E-state index in [2.05, 4.69) is 24.5 Å². The summed E-state index contributed by atoms with van der Waals surface area (Å²) in [5, 5.41) is 6.42. The highest BCUT2D eigenvalue weighted by molar-refractivity contribution is 5.82. The fourth-order valence-electron chi connectivity index (χ4n) is 2.95. The van der Waals surface area contributed by atoms with Crippen LogP contribution in [0.4, 0.5) is 0 Å². The highest BCUT2D eigenvalue weighted by atomic mass is 16.5. The van der Waals surface area contributed by atoms with Gasteiger partial charge in [0.05, 0.1) is 12.1 Å². The number of methoxy groups -OCH3 is 1. The second-order valence-electron chi connectivity index (χ2n) is 6.00. The molecule has 98 valence electrons. The highest BCUT2D eigenvalue weighted by Crippen LogP contribution is 2.37. The summed E-state index contributed by atoms with van der Waals surface area (Å²) in [5.41, 5.74) is 0.245. The molecule has 2 aliphatic rings. The molecule has 2 rings (SSSR count). The summed E-state index contributed by atoms with van der Waals surface area (Å²) in [7, 11) is 1.70. The van der Waals surface area contributed by atoms with Gasteiger partial charge in [-0.1, -0.05) is 20.3 Å². The van der Waals surface area contributed by atoms with Gasteiger partial charge < -0.3 is 15.4 Å². The second kappa shape index (κ2) is 4.94. The number of carbonyl (C=O) groups excluding carboxylic acids is 1. The van der Waals surface area contributed by atoms with Crippen LogP contribution in [0.3, 0.4) is 0 Å². The molecule has 1 aliphatic carbocycles. The topological polar surface area (TPSA) is 50.4 Å². The fourth-order valence-corrected chi connectivity index (χ4v) is 2.95. The summed E-state index contributed by atoms with van der Waals surface area (Å²) in [6.45, 7) is 5.26. The maximum atomic E-state index is 12.1. The second-order valence-corrected chi connectivity index (χ2v) is 6.00. The lowest BCUT2D eigenvalue weighted by atomic mass is 9.87. The van der Waals surface area contributed by atoms with E-state index < -0.39 is 0 Å². The molecule has 0 bridgehead atoms. The number of ether oxygens (including phenoxy) is 1. The summed E-state index contributed by atoms with van der Waals surface area (Å²) in [6.07, 6.45) is 4.50. The number of rotatable bonds is 3. The third kappa shape index (κ3) is 2.80. The molecular formula is C13H24N2O2. The lowest BCUT2D eigenvalue weighted by Crippen LogP contribution is -2.48. The zero-order valence-electron chi connectivity index (χ0n) is 11.1. The first-order chi connectivity index (χ1) is 8.03. The first kappa shape index (κ1) is 12.8. The largest absolute Gasteiger partial charge is 0.380 e. The molecule has 17 heavy (non-hydrogen) atoms. The van der Waals surface area contributed by atoms with Gasteiger partial charge in [0.25, 0.3) is 0 Å². The molecule has 0 aromatic rings. The predicted molar refractivity (Wildman–Crippen MR) is 66.8 cm³/mol. The molecule has 1 aliphatic heterocycles. The fraction of sp³-hybridized carbons (Fsp3) is 0.923. The Morgan fingerprint density at radius 3 is 2.76 bits per heavy atom. The molecule has 3 unspecified atom stereocenters. The average molecular weight is 240 g/mol. The summed E-state index contributed by atoms with van der Waals surface area (Å²) in [6, 6.07) is 0.259. The van der Waals surface area contributed by atoms with Crippen molar-refractivity contribution in [1.82, 2.24) is 10.6 Å². The van der Waals surface area contributed by atoms with Crippen LogP contribution >= 0.6 is 0 Å². The van der Waals surface area contributed by atoms with Crippen molar-refractivity contribution in [2.24, 2.45) is 5.41 Å². The molecule has 1 saturated carbocycles. The van der Waals surface area contributed by atoms with E-state index >= 15 is 0 Å². The van der Waals surface area contributed by atoms with Crippen LogP contribution in [0.25, 0.3) is 0 Å². The van der Waals surface area contributed by atoms with E-state index in [1.807, 2.05) is 0 Å². The molecule has 2 fully saturated rings. The zero-order valence-corrected chi connectivity index (χ0v) is 11.1. The van der Waals surface area contributed by atoms with Crippen LogP contribution in [0.1, 0.15) is 39.5 Å². The zero-order chi connectivity index (χ0) is 12.5. The summed E-state index contributed by atoms with van der Waals surface area (Å²) in [5.74, 6) is 0.143. The Hall–Kier alpha value is -0.610. The molecule has 1 heterocycles. The highest BCUT2D eigenvalue weighted by Gasteiger charge is 2.37. The summed E-state index contributed by atoms with van der Waals surface area (Å²) >= 11 is 0. The van der Waals surface area contributed by atoms with E-state index in [4.69, 9.17) is 4.74 Å². The number of hydrogen-bond donors (Lipinski definition) is 2. The van der Waals surface area contributed by atoms with Gasteiger partial charge in [-0.2, -0.15) is 0 Å². The van der Waals surface area contributed by atoms with E-state index in [9.17, 15) is 4.79 Å². The van der Waals surface area contributed by atoms with Crippen molar-refractivity contribution >= 4 is 5.91 Å². The first-order valence-electron chi connectivity index (χ1n) is 6.59. The van der Waals surface area contributed by atoms with Crippen molar-refractivity contribution in [1.29, 1.82) is 0 Å². The van der Waals surface area contributed by atoms with Crippen LogP contribution in [-0.4, -0.2) is 37.7 Å². The Labute approximate surface area is 103 Å². The Morgan fingerprint density at radius 2 is 2.24 bits per heavy atom. The lowest BCUT2D eigenvalue weighted by molar-refractivity contribution is -0.124. The minimum atomic E-state index is -0.0728. The van der Waals surface area contributed by atoms with Gasteiger partial charge in [0.15, 0.2) is 0 Å². The van der Waals surface area contributed by atoms with Crippen molar-refractivity contribution in [3.05, 3.63) is 0 Å². The van der Waals surface area contributed by atoms with E-state index in [1.54, 1.807) is 7.11 Å². The Balaban J connectivity index is 1.85. The van der Waals surface area contributed by atoms with E-state index in [1.165, 1.54) is 12.8 Å². The maximum absolute atomic E-state index is 12.1. The van der Waals surface area contributed by atoms with Gasteiger partial charge in [-0.05, 0) is 24.7 Å². The number of nitrogens with one attached hydrogen (secondary N) is 2. The molecule has 0 spiro atoms. The molecule has 1 amide bonds. The van der Waals surface area contributed by atoms with Crippen molar-refractivity contribution in [2.75, 3.05) is 13.7 Å². The summed E-state index contributed by atoms with van der Waals surface area (Å²) in [4.78, 5) is 12.1. The van der Waals surface area contributed by atoms with Crippen molar-refractivity contribution in [3.8, 4) is 0 Å². The molecule has 0 radical (unpaired) electrons. The Bertz CT molecular complexity index is 291. The maximum Gasteiger partial charge on any atom is 0.237 e. The molecule has 0 aromatic carbocycles. The van der Waals surface area contributed by atoms with Gasteiger partial charge in [-0.15, -0.1) is 0 Å². The van der Waals surface area contributed by atoms with Gasteiger partial charge in [0.1, 0.15) is 0 Å². The van der Waals surface area contributed by atoms with Crippen LogP contribution in [0.15, 0.2) is 0 Å². The van der Waals surface area contributed by atoms with Gasteiger partial charge >= 0.3 is 0 Å². The van der Waals surface area contributed by atoms with Gasteiger partial charge in [-0.25, -0.2) is 0 Å². The van der Waals surface area contributed by atoms with E-state index in [-0.39, 0.29) is 23.5 Å². The van der Waals surface area contributed by atoms with Crippen molar-refractivity contribution in [3.63, 3.8) is 0 Å². The molecule has 4 nitrogen and oxygen atoms in total. The number of carbonyl (C=O) groups is 1. The van der Waals surface area contributed by atoms with Crippen molar-refractivity contribution in [2.45, 2.75) is 57.7 Å². The third-order valence-electron chi connectivity index (χ3n) is 4.31. The molecule has 1 saturated heterocycles. The molecule has 4 heteroatoms. The quantitative estimate of drug-likeness (QED) is 0.775. The van der Waals surface area contributed by atoms with Crippen LogP contribution in [0, 0.1) is 5.41 Å². The average Bonchev–Trinajstić information content (AvgIpc) is 2.86. The molecule has 0 aromatic heterocycles. The SMILES string of the molecule is COC1CNC(C(=O)NC2CCCC2(C)C)C1. The molecular weight excluding hydrogens is 216 g/mol. The van der Waals surface area contributed by atoms with Crippen LogP contribution in [0.2, 0.25) is 0 Å². The smallest absolute Gasteiger partial charge is 0.237 e. The predicted octanol–water partition coefficient (Wildman–Crippen LogP) is 1.06. The minimum Gasteiger partial charge on any atom is -0.380 e. The van der Waals surface area contributed by atoms with Crippen LogP contribution < -0.4 is 10.6 Å². The minimum absolute atomic E-state index is 0.0728.